The lowest BCUT2D eigenvalue weighted by molar-refractivity contribution is -0.174. The number of nitrogens with zero attached hydrogens (tertiary/aromatic N) is 2. The Morgan fingerprint density at radius 2 is 1.74 bits per heavy atom. The molecule has 5 nitrogen and oxygen atoms in total. The molecule has 0 fully saturated rings. The quantitative estimate of drug-likeness (QED) is 0.343. The molecule has 0 saturated heterocycles. The molecule has 182 valence electrons. The van der Waals surface area contributed by atoms with E-state index in [1.807, 2.05) is 37.4 Å². The predicted molar refractivity (Wildman–Crippen MR) is 124 cm³/mol. The highest BCUT2D eigenvalue weighted by molar-refractivity contribution is 5.82. The van der Waals surface area contributed by atoms with Crippen molar-refractivity contribution in [3.05, 3.63) is 89.4 Å². The molecule has 1 aromatic heterocycles. The summed E-state index contributed by atoms with van der Waals surface area (Å²) in [6.07, 6.45) is -4.27. The summed E-state index contributed by atoms with van der Waals surface area (Å²) < 4.78 is 59.8. The summed E-state index contributed by atoms with van der Waals surface area (Å²) in [5, 5.41) is 7.10. The number of fused-ring (bicyclic) bond motifs is 1. The van der Waals surface area contributed by atoms with Crippen LogP contribution in [-0.4, -0.2) is 27.9 Å². The van der Waals surface area contributed by atoms with Gasteiger partial charge in [0.05, 0.1) is 23.4 Å². The van der Waals surface area contributed by atoms with Crippen molar-refractivity contribution in [3.8, 4) is 11.4 Å². The second-order valence-electron chi connectivity index (χ2n) is 8.41. The van der Waals surface area contributed by atoms with Crippen LogP contribution in [-0.2, 0) is 4.79 Å². The number of amides is 1. The van der Waals surface area contributed by atoms with Gasteiger partial charge in [-0.1, -0.05) is 23.8 Å². The molecule has 35 heavy (non-hydrogen) atoms. The van der Waals surface area contributed by atoms with E-state index in [-0.39, 0.29) is 5.82 Å². The van der Waals surface area contributed by atoms with Gasteiger partial charge in [0.25, 0.3) is 0 Å². The maximum atomic E-state index is 13.3. The average Bonchev–Trinajstić information content (AvgIpc) is 3.22. The molecule has 9 heteroatoms. The summed E-state index contributed by atoms with van der Waals surface area (Å²) in [6, 6.07) is 15.7. The van der Waals surface area contributed by atoms with Gasteiger partial charge in [-0.3, -0.25) is 4.79 Å². The van der Waals surface area contributed by atoms with Gasteiger partial charge < -0.3 is 10.1 Å². The highest BCUT2D eigenvalue weighted by atomic mass is 19.4. The first-order valence-electron chi connectivity index (χ1n) is 10.9. The predicted octanol–water partition coefficient (Wildman–Crippen LogP) is 5.97. The number of aromatic nitrogens is 2. The van der Waals surface area contributed by atoms with E-state index in [0.717, 1.165) is 22.0 Å². The minimum Gasteiger partial charge on any atom is -0.484 e. The molecule has 0 saturated carbocycles. The standard InChI is InChI=1S/C26H23F4N3O2/c1-15-4-5-16(2)22(12-15)24(17(3)32-25(34)26(28,29)30)35-21-10-11-23-18(13-21)14-31-33(23)20-8-6-19(27)7-9-20/h4-14,17,24H,1-3H3,(H,32,34)/t17-,24-/m0/s1. The number of halogens is 4. The zero-order valence-corrected chi connectivity index (χ0v) is 19.2. The molecule has 4 rings (SSSR count). The molecule has 0 radical (unpaired) electrons. The van der Waals surface area contributed by atoms with Crippen LogP contribution >= 0.6 is 0 Å². The minimum atomic E-state index is -5.01. The summed E-state index contributed by atoms with van der Waals surface area (Å²) in [4.78, 5) is 11.6. The molecule has 0 aliphatic heterocycles. The highest BCUT2D eigenvalue weighted by Gasteiger charge is 2.40. The van der Waals surface area contributed by atoms with Gasteiger partial charge in [0.15, 0.2) is 0 Å². The Morgan fingerprint density at radius 3 is 2.43 bits per heavy atom. The number of aryl methyl sites for hydroxylation is 2. The number of rotatable bonds is 6. The topological polar surface area (TPSA) is 56.1 Å². The van der Waals surface area contributed by atoms with E-state index in [1.54, 1.807) is 41.2 Å². The summed E-state index contributed by atoms with van der Waals surface area (Å²) in [5.41, 5.74) is 3.81. The van der Waals surface area contributed by atoms with Crippen molar-refractivity contribution < 1.29 is 27.1 Å². The Kier molecular flexibility index (Phi) is 6.51. The maximum Gasteiger partial charge on any atom is 0.471 e. The van der Waals surface area contributed by atoms with Crippen LogP contribution in [0.15, 0.2) is 66.9 Å². The monoisotopic (exact) mass is 485 g/mol. The van der Waals surface area contributed by atoms with E-state index in [2.05, 4.69) is 5.10 Å². The van der Waals surface area contributed by atoms with Gasteiger partial charge in [-0.15, -0.1) is 0 Å². The van der Waals surface area contributed by atoms with Crippen molar-refractivity contribution in [2.24, 2.45) is 0 Å². The van der Waals surface area contributed by atoms with Crippen molar-refractivity contribution >= 4 is 16.8 Å². The number of carbonyl (C=O) groups excluding carboxylic acids is 1. The molecule has 0 aliphatic carbocycles. The molecule has 1 N–H and O–H groups in total. The van der Waals surface area contributed by atoms with Crippen LogP contribution in [0.1, 0.15) is 29.7 Å². The summed E-state index contributed by atoms with van der Waals surface area (Å²) >= 11 is 0. The number of ether oxygens (including phenoxy) is 1. The fourth-order valence-electron chi connectivity index (χ4n) is 3.88. The molecule has 0 aliphatic rings. The lowest BCUT2D eigenvalue weighted by atomic mass is 9.96. The Bertz CT molecular complexity index is 1360. The minimum absolute atomic E-state index is 0.356. The SMILES string of the molecule is Cc1ccc(C)c([C@@H](Oc2ccc3c(cnn3-c3ccc(F)cc3)c2)[C@H](C)NC(=O)C(F)(F)F)c1. The zero-order valence-electron chi connectivity index (χ0n) is 19.2. The lowest BCUT2D eigenvalue weighted by Gasteiger charge is -2.28. The first-order chi connectivity index (χ1) is 16.5. The average molecular weight is 485 g/mol. The number of nitrogens with one attached hydrogen (secondary N) is 1. The molecular weight excluding hydrogens is 462 g/mol. The van der Waals surface area contributed by atoms with E-state index in [1.165, 1.54) is 19.1 Å². The lowest BCUT2D eigenvalue weighted by Crippen LogP contribution is -2.45. The van der Waals surface area contributed by atoms with Crippen molar-refractivity contribution in [2.45, 2.75) is 39.1 Å². The van der Waals surface area contributed by atoms with Gasteiger partial charge in [0, 0.05) is 5.39 Å². The molecule has 2 atom stereocenters. The smallest absolute Gasteiger partial charge is 0.471 e. The maximum absolute atomic E-state index is 13.3. The van der Waals surface area contributed by atoms with E-state index >= 15 is 0 Å². The van der Waals surface area contributed by atoms with Gasteiger partial charge in [-0.05, 0) is 74.4 Å². The van der Waals surface area contributed by atoms with Crippen LogP contribution in [0.25, 0.3) is 16.6 Å². The van der Waals surface area contributed by atoms with E-state index in [9.17, 15) is 22.4 Å². The molecule has 4 aromatic rings. The summed E-state index contributed by atoms with van der Waals surface area (Å²) in [7, 11) is 0. The van der Waals surface area contributed by atoms with Crippen molar-refractivity contribution in [1.82, 2.24) is 15.1 Å². The zero-order chi connectivity index (χ0) is 25.3. The van der Waals surface area contributed by atoms with Crippen LogP contribution < -0.4 is 10.1 Å². The van der Waals surface area contributed by atoms with Gasteiger partial charge in [-0.25, -0.2) is 9.07 Å². The normalized spacial score (nSPS) is 13.5. The summed E-state index contributed by atoms with van der Waals surface area (Å²) in [6.45, 7) is 5.18. The Hall–Kier alpha value is -3.88. The van der Waals surface area contributed by atoms with Crippen molar-refractivity contribution in [3.63, 3.8) is 0 Å². The number of benzene rings is 3. The van der Waals surface area contributed by atoms with E-state index in [4.69, 9.17) is 4.74 Å². The van der Waals surface area contributed by atoms with Crippen LogP contribution in [0.2, 0.25) is 0 Å². The molecule has 0 unspecified atom stereocenters. The van der Waals surface area contributed by atoms with Crippen molar-refractivity contribution in [1.29, 1.82) is 0 Å². The third-order valence-electron chi connectivity index (χ3n) is 5.69. The second kappa shape index (κ2) is 9.40. The second-order valence-corrected chi connectivity index (χ2v) is 8.41. The van der Waals surface area contributed by atoms with Crippen molar-refractivity contribution in [2.75, 3.05) is 0 Å². The first-order valence-corrected chi connectivity index (χ1v) is 10.9. The Balaban J connectivity index is 1.68. The Labute approximate surface area is 199 Å². The van der Waals surface area contributed by atoms with E-state index < -0.39 is 24.2 Å². The largest absolute Gasteiger partial charge is 0.484 e. The van der Waals surface area contributed by atoms with E-state index in [0.29, 0.717) is 17.0 Å². The molecular formula is C26H23F4N3O2. The molecule has 1 amide bonds. The van der Waals surface area contributed by atoms with Crippen LogP contribution in [0.3, 0.4) is 0 Å². The van der Waals surface area contributed by atoms with Crippen LogP contribution in [0.4, 0.5) is 17.6 Å². The Morgan fingerprint density at radius 1 is 1.03 bits per heavy atom. The number of hydrogen-bond acceptors (Lipinski definition) is 3. The number of hydrogen-bond donors (Lipinski definition) is 1. The fourth-order valence-corrected chi connectivity index (χ4v) is 3.88. The molecule has 0 spiro atoms. The van der Waals surface area contributed by atoms with Gasteiger partial charge in [0.2, 0.25) is 0 Å². The number of carbonyl (C=O) groups is 1. The molecule has 3 aromatic carbocycles. The third kappa shape index (κ3) is 5.29. The third-order valence-corrected chi connectivity index (χ3v) is 5.69. The summed E-state index contributed by atoms with van der Waals surface area (Å²) in [5.74, 6) is -1.99. The van der Waals surface area contributed by atoms with Crippen LogP contribution in [0.5, 0.6) is 5.75 Å². The molecule has 1 heterocycles. The highest BCUT2D eigenvalue weighted by Crippen LogP contribution is 2.31. The van der Waals surface area contributed by atoms with Gasteiger partial charge >= 0.3 is 12.1 Å². The van der Waals surface area contributed by atoms with Gasteiger partial charge in [0.1, 0.15) is 17.7 Å². The first kappa shape index (κ1) is 24.3. The van der Waals surface area contributed by atoms with Gasteiger partial charge in [-0.2, -0.15) is 18.3 Å². The fraction of sp³-hybridized carbons (Fsp3) is 0.231. The number of alkyl halides is 3. The molecule has 0 bridgehead atoms. The van der Waals surface area contributed by atoms with Crippen LogP contribution in [0, 0.1) is 19.7 Å².